The van der Waals surface area contributed by atoms with E-state index >= 15 is 0 Å². The van der Waals surface area contributed by atoms with Gasteiger partial charge in [-0.1, -0.05) is 50.6 Å². The lowest BCUT2D eigenvalue weighted by Gasteiger charge is -2.37. The van der Waals surface area contributed by atoms with Gasteiger partial charge >= 0.3 is 24.0 Å². The molecule has 1 saturated carbocycles. The molecule has 0 bridgehead atoms. The summed E-state index contributed by atoms with van der Waals surface area (Å²) < 4.78 is 22.2. The summed E-state index contributed by atoms with van der Waals surface area (Å²) >= 11 is 0. The molecule has 0 radical (unpaired) electrons. The first kappa shape index (κ1) is 32.1. The monoisotopic (exact) mass is 607 g/mol. The quantitative estimate of drug-likeness (QED) is 0.194. The standard InChI is InChI=1S/C31H37N5O8/c1-16-8-10-20(11-9-16)27-34-28-24(30(39)43-26-18(3)12-17(2)13-19(26)4)25(32-5)29(36(28)35-27)44-31(40)33-21(14-22(37)41-6)15-23(38)42-7/h8-11,17-19,21,26H,12-15H2,1-4,6-7H3,(H,33,40)(H,34,35). The number of carbonyl (C=O) groups is 4. The molecule has 3 aromatic rings. The average molecular weight is 608 g/mol. The van der Waals surface area contributed by atoms with Gasteiger partial charge in [0.2, 0.25) is 5.88 Å². The van der Waals surface area contributed by atoms with Gasteiger partial charge in [-0.15, -0.1) is 0 Å². The fourth-order valence-electron chi connectivity index (χ4n) is 5.84. The molecule has 1 aromatic carbocycles. The Morgan fingerprint density at radius 1 is 1.05 bits per heavy atom. The predicted octanol–water partition coefficient (Wildman–Crippen LogP) is 5.00. The number of aryl methyl sites for hydroxylation is 1. The van der Waals surface area contributed by atoms with Crippen LogP contribution in [-0.2, 0) is 23.8 Å². The summed E-state index contributed by atoms with van der Waals surface area (Å²) in [6.45, 7) is 16.1. The van der Waals surface area contributed by atoms with Gasteiger partial charge < -0.3 is 24.3 Å². The third-order valence-corrected chi connectivity index (χ3v) is 7.86. The van der Waals surface area contributed by atoms with Gasteiger partial charge in [-0.25, -0.2) is 23.9 Å². The Morgan fingerprint density at radius 3 is 2.18 bits per heavy atom. The maximum absolute atomic E-state index is 13.8. The summed E-state index contributed by atoms with van der Waals surface area (Å²) in [4.78, 5) is 58.8. The van der Waals surface area contributed by atoms with Crippen LogP contribution in [0.2, 0.25) is 0 Å². The fraction of sp³-hybridized carbons (Fsp3) is 0.484. The normalized spacial score (nSPS) is 19.7. The number of rotatable bonds is 9. The van der Waals surface area contributed by atoms with Crippen LogP contribution in [0.1, 0.15) is 62.4 Å². The van der Waals surface area contributed by atoms with Crippen molar-refractivity contribution in [3.8, 4) is 17.3 Å². The van der Waals surface area contributed by atoms with Crippen LogP contribution in [-0.4, -0.2) is 65.0 Å². The van der Waals surface area contributed by atoms with Gasteiger partial charge in [-0.2, -0.15) is 0 Å². The smallest absolute Gasteiger partial charge is 0.413 e. The topological polar surface area (TPSA) is 155 Å². The summed E-state index contributed by atoms with van der Waals surface area (Å²) in [5.41, 5.74) is 1.35. The van der Waals surface area contributed by atoms with Crippen molar-refractivity contribution in [3.63, 3.8) is 0 Å². The number of amides is 1. The van der Waals surface area contributed by atoms with E-state index in [4.69, 9.17) is 16.0 Å². The van der Waals surface area contributed by atoms with E-state index in [9.17, 15) is 19.2 Å². The van der Waals surface area contributed by atoms with Crippen LogP contribution < -0.4 is 10.1 Å². The number of nitrogens with zero attached hydrogens (tertiary/aromatic N) is 3. The third-order valence-electron chi connectivity index (χ3n) is 7.86. The van der Waals surface area contributed by atoms with Gasteiger partial charge in [0.05, 0.1) is 39.7 Å². The molecule has 1 aliphatic carbocycles. The van der Waals surface area contributed by atoms with Gasteiger partial charge in [0, 0.05) is 5.56 Å². The van der Waals surface area contributed by atoms with Crippen molar-refractivity contribution in [2.75, 3.05) is 14.2 Å². The Labute approximate surface area is 255 Å². The highest BCUT2D eigenvalue weighted by molar-refractivity contribution is 6.05. The van der Waals surface area contributed by atoms with Gasteiger partial charge in [-0.3, -0.25) is 14.7 Å². The molecule has 2 aromatic heterocycles. The summed E-state index contributed by atoms with van der Waals surface area (Å²) in [7, 11) is 2.35. The Morgan fingerprint density at radius 2 is 1.64 bits per heavy atom. The number of carbonyl (C=O) groups excluding carboxylic acids is 4. The highest BCUT2D eigenvalue weighted by atomic mass is 16.6. The van der Waals surface area contributed by atoms with Crippen molar-refractivity contribution in [2.24, 2.45) is 17.8 Å². The summed E-state index contributed by atoms with van der Waals surface area (Å²) in [5, 5.41) is 5.47. The molecule has 0 spiro atoms. The van der Waals surface area contributed by atoms with Crippen LogP contribution in [0.3, 0.4) is 0 Å². The number of H-pyrrole nitrogens is 1. The number of fused-ring (bicyclic) bond motifs is 1. The number of hydrogen-bond acceptors (Lipinski definition) is 9. The molecule has 1 aliphatic rings. The molecule has 2 heterocycles. The number of methoxy groups -OCH3 is 2. The summed E-state index contributed by atoms with van der Waals surface area (Å²) in [5.74, 6) is -1.33. The molecule has 234 valence electrons. The molecule has 2 unspecified atom stereocenters. The van der Waals surface area contributed by atoms with Gasteiger partial charge in [0.25, 0.3) is 5.69 Å². The Kier molecular flexibility index (Phi) is 9.93. The Balaban J connectivity index is 1.73. The van der Waals surface area contributed by atoms with Crippen molar-refractivity contribution >= 4 is 35.3 Å². The van der Waals surface area contributed by atoms with Crippen LogP contribution >= 0.6 is 0 Å². The van der Waals surface area contributed by atoms with Crippen LogP contribution in [0, 0.1) is 31.2 Å². The van der Waals surface area contributed by atoms with Crippen LogP contribution in [0.15, 0.2) is 24.3 Å². The largest absolute Gasteiger partial charge is 0.469 e. The molecule has 13 nitrogen and oxygen atoms in total. The van der Waals surface area contributed by atoms with Gasteiger partial charge in [-0.05, 0) is 37.5 Å². The number of benzene rings is 1. The molecular formula is C31H37N5O8. The molecule has 0 saturated heterocycles. The highest BCUT2D eigenvalue weighted by Gasteiger charge is 2.37. The number of esters is 3. The highest BCUT2D eigenvalue weighted by Crippen LogP contribution is 2.41. The minimum atomic E-state index is -1.08. The minimum absolute atomic E-state index is 0.0459. The van der Waals surface area contributed by atoms with E-state index < -0.39 is 30.0 Å². The van der Waals surface area contributed by atoms with E-state index in [1.54, 1.807) is 0 Å². The molecular weight excluding hydrogens is 570 g/mol. The Bertz CT molecular complexity index is 1550. The third kappa shape index (κ3) is 7.02. The zero-order valence-corrected chi connectivity index (χ0v) is 25.6. The van der Waals surface area contributed by atoms with Gasteiger partial charge in [0.15, 0.2) is 11.5 Å². The maximum atomic E-state index is 13.8. The number of aromatic nitrogens is 3. The second-order valence-electron chi connectivity index (χ2n) is 11.4. The van der Waals surface area contributed by atoms with Gasteiger partial charge in [0.1, 0.15) is 11.7 Å². The second-order valence-corrected chi connectivity index (χ2v) is 11.4. The van der Waals surface area contributed by atoms with Crippen LogP contribution in [0.25, 0.3) is 21.9 Å². The van der Waals surface area contributed by atoms with E-state index in [1.807, 2.05) is 45.0 Å². The first-order chi connectivity index (χ1) is 20.9. The van der Waals surface area contributed by atoms with Crippen molar-refractivity contribution in [3.05, 3.63) is 46.8 Å². The molecule has 44 heavy (non-hydrogen) atoms. The van der Waals surface area contributed by atoms with Crippen LogP contribution in [0.5, 0.6) is 5.88 Å². The fourth-order valence-corrected chi connectivity index (χ4v) is 5.84. The maximum Gasteiger partial charge on any atom is 0.413 e. The second kappa shape index (κ2) is 13.6. The lowest BCUT2D eigenvalue weighted by atomic mass is 9.75. The zero-order valence-electron chi connectivity index (χ0n) is 25.6. The first-order valence-electron chi connectivity index (χ1n) is 14.4. The first-order valence-corrected chi connectivity index (χ1v) is 14.4. The van der Waals surface area contributed by atoms with Crippen LogP contribution in [0.4, 0.5) is 10.5 Å². The van der Waals surface area contributed by atoms with Crippen molar-refractivity contribution in [2.45, 2.75) is 65.5 Å². The molecule has 0 aliphatic heterocycles. The van der Waals surface area contributed by atoms with E-state index in [2.05, 4.69) is 36.6 Å². The molecule has 13 heteroatoms. The number of nitrogens with one attached hydrogen (secondary N) is 2. The van der Waals surface area contributed by atoms with E-state index in [0.29, 0.717) is 17.3 Å². The minimum Gasteiger partial charge on any atom is -0.469 e. The number of hydrogen-bond donors (Lipinski definition) is 2. The number of aromatic amines is 1. The van der Waals surface area contributed by atoms with E-state index in [0.717, 1.165) is 18.4 Å². The molecule has 4 rings (SSSR count). The number of ether oxygens (including phenoxy) is 4. The van der Waals surface area contributed by atoms with Crippen molar-refractivity contribution in [1.82, 2.24) is 19.9 Å². The summed E-state index contributed by atoms with van der Waals surface area (Å²) in [6, 6.07) is 6.44. The SMILES string of the molecule is [C-]#[N+]c1c(C(=O)OC2C(C)CC(C)CC2C)c2nc(-c3ccc(C)cc3)[nH]n2c1OC(=O)NC(CC(=O)OC)CC(=O)OC. The van der Waals surface area contributed by atoms with E-state index in [1.165, 1.54) is 18.7 Å². The van der Waals surface area contributed by atoms with Crippen molar-refractivity contribution < 1.29 is 38.1 Å². The Hall–Kier alpha value is -4.86. The summed E-state index contributed by atoms with van der Waals surface area (Å²) in [6.07, 6.45) is -0.327. The van der Waals surface area contributed by atoms with Crippen molar-refractivity contribution in [1.29, 1.82) is 0 Å². The molecule has 2 N–H and O–H groups in total. The zero-order chi connectivity index (χ0) is 32.1. The lowest BCUT2D eigenvalue weighted by molar-refractivity contribution is -0.143. The lowest BCUT2D eigenvalue weighted by Crippen LogP contribution is -2.40. The predicted molar refractivity (Wildman–Crippen MR) is 158 cm³/mol. The van der Waals surface area contributed by atoms with E-state index in [-0.39, 0.29) is 53.6 Å². The molecule has 2 atom stereocenters. The molecule has 1 amide bonds. The average Bonchev–Trinajstić information content (AvgIpc) is 3.52. The molecule has 1 fully saturated rings.